The number of ketones is 1. The van der Waals surface area contributed by atoms with Gasteiger partial charge in [-0.05, 0) is 71.6 Å². The highest BCUT2D eigenvalue weighted by molar-refractivity contribution is 5.96. The Morgan fingerprint density at radius 1 is 1.10 bits per heavy atom. The predicted molar refractivity (Wildman–Crippen MR) is 122 cm³/mol. The van der Waals surface area contributed by atoms with E-state index in [4.69, 9.17) is 4.74 Å². The number of allylic oxidation sites excluding steroid dienone is 7. The van der Waals surface area contributed by atoms with Crippen LogP contribution in [0.25, 0.3) is 0 Å². The molecule has 4 heteroatoms. The molecule has 170 valence electrons. The minimum Gasteiger partial charge on any atom is -0.396 e. The van der Waals surface area contributed by atoms with Gasteiger partial charge in [-0.15, -0.1) is 0 Å². The van der Waals surface area contributed by atoms with E-state index < -0.39 is 23.2 Å². The van der Waals surface area contributed by atoms with E-state index >= 15 is 0 Å². The summed E-state index contributed by atoms with van der Waals surface area (Å²) in [6, 6.07) is 0. The Morgan fingerprint density at radius 3 is 2.45 bits per heavy atom. The normalized spacial score (nSPS) is 40.7. The van der Waals surface area contributed by atoms with Gasteiger partial charge in [0.25, 0.3) is 0 Å². The Kier molecular flexibility index (Phi) is 6.19. The van der Waals surface area contributed by atoms with Crippen LogP contribution in [0.15, 0.2) is 47.1 Å². The molecule has 0 unspecified atom stereocenters. The third-order valence-electron chi connectivity index (χ3n) is 8.24. The van der Waals surface area contributed by atoms with Gasteiger partial charge < -0.3 is 14.9 Å². The number of epoxide rings is 1. The fourth-order valence-corrected chi connectivity index (χ4v) is 6.34. The average molecular weight is 427 g/mol. The summed E-state index contributed by atoms with van der Waals surface area (Å²) in [5, 5.41) is 21.3. The number of fused-ring (bicyclic) bond motifs is 6. The molecule has 0 aromatic heterocycles. The van der Waals surface area contributed by atoms with Crippen LogP contribution in [-0.4, -0.2) is 40.4 Å². The highest BCUT2D eigenvalue weighted by Crippen LogP contribution is 2.67. The van der Waals surface area contributed by atoms with Crippen molar-refractivity contribution >= 4 is 5.78 Å². The van der Waals surface area contributed by atoms with Crippen molar-refractivity contribution < 1.29 is 19.7 Å². The van der Waals surface area contributed by atoms with E-state index in [-0.39, 0.29) is 30.1 Å². The Labute approximate surface area is 186 Å². The van der Waals surface area contributed by atoms with Crippen LogP contribution < -0.4 is 0 Å². The lowest BCUT2D eigenvalue weighted by Gasteiger charge is -2.46. The molecule has 1 aliphatic heterocycles. The van der Waals surface area contributed by atoms with Crippen LogP contribution >= 0.6 is 0 Å². The molecule has 3 fully saturated rings. The van der Waals surface area contributed by atoms with E-state index in [2.05, 4.69) is 58.1 Å². The highest BCUT2D eigenvalue weighted by atomic mass is 16.6. The minimum absolute atomic E-state index is 0.0812. The van der Waals surface area contributed by atoms with Crippen LogP contribution in [0.4, 0.5) is 0 Å². The van der Waals surface area contributed by atoms with Gasteiger partial charge in [0.05, 0.1) is 12.7 Å². The largest absolute Gasteiger partial charge is 0.396 e. The van der Waals surface area contributed by atoms with Crippen molar-refractivity contribution in [1.29, 1.82) is 0 Å². The lowest BCUT2D eigenvalue weighted by molar-refractivity contribution is -0.147. The van der Waals surface area contributed by atoms with Crippen LogP contribution in [-0.2, 0) is 9.53 Å². The number of rotatable bonds is 9. The summed E-state index contributed by atoms with van der Waals surface area (Å²) in [4.78, 5) is 13.5. The lowest BCUT2D eigenvalue weighted by Crippen LogP contribution is -2.60. The first kappa shape index (κ1) is 22.7. The molecular formula is C27H38O4. The average Bonchev–Trinajstić information content (AvgIpc) is 3.14. The second-order valence-corrected chi connectivity index (χ2v) is 10.5. The number of carbonyl (C=O) groups excluding carboxylic acids is 1. The molecule has 3 aliphatic carbocycles. The van der Waals surface area contributed by atoms with E-state index in [1.807, 2.05) is 0 Å². The summed E-state index contributed by atoms with van der Waals surface area (Å²) in [6.07, 6.45) is 15.2. The van der Waals surface area contributed by atoms with Crippen molar-refractivity contribution in [3.05, 3.63) is 47.1 Å². The smallest absolute Gasteiger partial charge is 0.172 e. The molecule has 2 bridgehead atoms. The molecule has 1 saturated heterocycles. The van der Waals surface area contributed by atoms with E-state index in [1.54, 1.807) is 0 Å². The highest BCUT2D eigenvalue weighted by Gasteiger charge is 2.79. The molecule has 4 rings (SSSR count). The number of aliphatic hydroxyl groups excluding tert-OH is 2. The fraction of sp³-hybridized carbons (Fsp3) is 0.667. The second-order valence-electron chi connectivity index (χ2n) is 10.5. The topological polar surface area (TPSA) is 70.1 Å². The summed E-state index contributed by atoms with van der Waals surface area (Å²) >= 11 is 0. The molecule has 0 radical (unpaired) electrons. The van der Waals surface area contributed by atoms with Crippen molar-refractivity contribution in [3.63, 3.8) is 0 Å². The number of hydrogen-bond donors (Lipinski definition) is 2. The maximum absolute atomic E-state index is 13.5. The first-order valence-corrected chi connectivity index (χ1v) is 11.9. The number of ether oxygens (including phenoxy) is 1. The summed E-state index contributed by atoms with van der Waals surface area (Å²) in [5.74, 6) is -0.00218. The molecule has 0 aromatic carbocycles. The van der Waals surface area contributed by atoms with Gasteiger partial charge >= 0.3 is 0 Å². The molecule has 7 atom stereocenters. The van der Waals surface area contributed by atoms with Gasteiger partial charge in [-0.3, -0.25) is 4.79 Å². The van der Waals surface area contributed by atoms with Crippen molar-refractivity contribution in [2.75, 3.05) is 6.61 Å². The standard InChI is InChI=1S/C27H38O4/c1-17(2)7-5-8-18(3)9-6-10-19(4)13-14-27-23(29)22-20-11-12-21(15-20)26(22,16-28)24(30)25(27)31-27/h7,9,11-13,20-22,24-25,28,30H,5-6,8,10,14-16H2,1-4H3/b18-9+,19-13+/t20-,21+,22+,24+,25-,26+,27+/m0/s1. The molecule has 2 saturated carbocycles. The molecule has 4 aliphatic rings. The van der Waals surface area contributed by atoms with Gasteiger partial charge in [0.15, 0.2) is 11.4 Å². The maximum atomic E-state index is 13.5. The SMILES string of the molecule is CC(C)=CCC/C(C)=C/CC/C(C)=C/C[C@]12O[C@H]1[C@@H](O)[C@]1(CO)[C@@H]3C=C[C@@H](C3)[C@@H]1C2=O. The van der Waals surface area contributed by atoms with Crippen molar-refractivity contribution in [3.8, 4) is 0 Å². The Bertz CT molecular complexity index is 845. The fourth-order valence-electron chi connectivity index (χ4n) is 6.34. The molecule has 4 nitrogen and oxygen atoms in total. The predicted octanol–water partition coefficient (Wildman–Crippen LogP) is 4.68. The van der Waals surface area contributed by atoms with Crippen LogP contribution in [0.1, 0.15) is 66.2 Å². The van der Waals surface area contributed by atoms with E-state index in [0.29, 0.717) is 6.42 Å². The maximum Gasteiger partial charge on any atom is 0.172 e. The zero-order valence-corrected chi connectivity index (χ0v) is 19.4. The van der Waals surface area contributed by atoms with Crippen LogP contribution in [0.2, 0.25) is 0 Å². The third kappa shape index (κ3) is 3.71. The first-order valence-electron chi connectivity index (χ1n) is 11.9. The molecule has 2 N–H and O–H groups in total. The van der Waals surface area contributed by atoms with Gasteiger partial charge in [-0.1, -0.05) is 47.1 Å². The van der Waals surface area contributed by atoms with Crippen LogP contribution in [0.3, 0.4) is 0 Å². The van der Waals surface area contributed by atoms with Crippen molar-refractivity contribution in [2.45, 2.75) is 84.0 Å². The summed E-state index contributed by atoms with van der Waals surface area (Å²) in [5.41, 5.74) is 2.43. The summed E-state index contributed by atoms with van der Waals surface area (Å²) < 4.78 is 5.93. The molecule has 1 heterocycles. The number of carbonyl (C=O) groups is 1. The van der Waals surface area contributed by atoms with Gasteiger partial charge in [0.2, 0.25) is 0 Å². The zero-order valence-electron chi connectivity index (χ0n) is 19.4. The zero-order chi connectivity index (χ0) is 22.4. The molecule has 0 amide bonds. The van der Waals surface area contributed by atoms with Gasteiger partial charge in [0, 0.05) is 17.8 Å². The molecule has 31 heavy (non-hydrogen) atoms. The summed E-state index contributed by atoms with van der Waals surface area (Å²) in [6.45, 7) is 8.42. The summed E-state index contributed by atoms with van der Waals surface area (Å²) in [7, 11) is 0. The van der Waals surface area contributed by atoms with Crippen LogP contribution in [0.5, 0.6) is 0 Å². The third-order valence-corrected chi connectivity index (χ3v) is 8.24. The second kappa shape index (κ2) is 8.46. The first-order chi connectivity index (χ1) is 14.8. The monoisotopic (exact) mass is 426 g/mol. The van der Waals surface area contributed by atoms with E-state index in [9.17, 15) is 15.0 Å². The van der Waals surface area contributed by atoms with Crippen molar-refractivity contribution in [1.82, 2.24) is 0 Å². The Balaban J connectivity index is 1.36. The Hall–Kier alpha value is -1.49. The quantitative estimate of drug-likeness (QED) is 0.415. The molecule has 0 spiro atoms. The number of hydrogen-bond acceptors (Lipinski definition) is 4. The van der Waals surface area contributed by atoms with Gasteiger partial charge in [-0.25, -0.2) is 0 Å². The molecule has 0 aromatic rings. The number of Topliss-reactive ketones (excluding diaryl/α,β-unsaturated/α-hetero) is 1. The number of aliphatic hydroxyl groups is 2. The van der Waals surface area contributed by atoms with E-state index in [0.717, 1.165) is 32.1 Å². The molecular weight excluding hydrogens is 388 g/mol. The van der Waals surface area contributed by atoms with Gasteiger partial charge in [-0.2, -0.15) is 0 Å². The Morgan fingerprint density at radius 2 is 1.77 bits per heavy atom. The minimum atomic E-state index is -0.877. The van der Waals surface area contributed by atoms with Gasteiger partial charge in [0.1, 0.15) is 6.10 Å². The van der Waals surface area contributed by atoms with Crippen molar-refractivity contribution in [2.24, 2.45) is 23.2 Å². The lowest BCUT2D eigenvalue weighted by atomic mass is 9.56. The van der Waals surface area contributed by atoms with Crippen LogP contribution in [0, 0.1) is 23.2 Å². The van der Waals surface area contributed by atoms with E-state index in [1.165, 1.54) is 16.7 Å².